The summed E-state index contributed by atoms with van der Waals surface area (Å²) in [7, 11) is 0. The SMILES string of the molecule is CC(C)(O)c1cc(F)c(-c2cc(C(N)=O)c(Nc3cccc(CNC(=O)c4ccnc(CO)c4)n3)s2)c(F)c1. The molecule has 3 aromatic heterocycles. The van der Waals surface area contributed by atoms with Crippen LogP contribution in [0.5, 0.6) is 0 Å². The number of anilines is 2. The van der Waals surface area contributed by atoms with E-state index in [1.54, 1.807) is 18.2 Å². The van der Waals surface area contributed by atoms with Gasteiger partial charge in [-0.2, -0.15) is 0 Å². The first-order valence-electron chi connectivity index (χ1n) is 11.7. The number of nitrogens with one attached hydrogen (secondary N) is 2. The Balaban J connectivity index is 1.56. The van der Waals surface area contributed by atoms with E-state index in [0.717, 1.165) is 23.5 Å². The number of carbonyl (C=O) groups excluding carboxylic acids is 2. The van der Waals surface area contributed by atoms with Crippen LogP contribution in [0.4, 0.5) is 19.6 Å². The van der Waals surface area contributed by atoms with Gasteiger partial charge in [0.1, 0.15) is 22.5 Å². The summed E-state index contributed by atoms with van der Waals surface area (Å²) in [5, 5.41) is 25.2. The monoisotopic (exact) mass is 553 g/mol. The Morgan fingerprint density at radius 3 is 2.44 bits per heavy atom. The average Bonchev–Trinajstić information content (AvgIpc) is 3.30. The predicted octanol–water partition coefficient (Wildman–Crippen LogP) is 3.98. The van der Waals surface area contributed by atoms with Crippen molar-refractivity contribution in [3.63, 3.8) is 0 Å². The molecule has 3 heterocycles. The Bertz CT molecular complexity index is 1530. The third kappa shape index (κ3) is 6.42. The number of primary amides is 1. The van der Waals surface area contributed by atoms with Crippen LogP contribution in [0.15, 0.2) is 54.7 Å². The van der Waals surface area contributed by atoms with E-state index >= 15 is 0 Å². The molecule has 9 nitrogen and oxygen atoms in total. The minimum atomic E-state index is -1.45. The molecule has 39 heavy (non-hydrogen) atoms. The third-order valence-corrected chi connectivity index (χ3v) is 6.78. The number of halogens is 2. The number of aliphatic hydroxyl groups excluding tert-OH is 1. The predicted molar refractivity (Wildman–Crippen MR) is 142 cm³/mol. The fourth-order valence-electron chi connectivity index (χ4n) is 3.69. The van der Waals surface area contributed by atoms with E-state index in [1.807, 2.05) is 0 Å². The Labute approximate surface area is 226 Å². The van der Waals surface area contributed by atoms with Gasteiger partial charge < -0.3 is 26.6 Å². The average molecular weight is 554 g/mol. The van der Waals surface area contributed by atoms with E-state index in [9.17, 15) is 28.6 Å². The van der Waals surface area contributed by atoms with Crippen molar-refractivity contribution in [2.75, 3.05) is 5.32 Å². The van der Waals surface area contributed by atoms with Gasteiger partial charge in [-0.15, -0.1) is 11.3 Å². The van der Waals surface area contributed by atoms with Gasteiger partial charge in [-0.3, -0.25) is 14.6 Å². The van der Waals surface area contributed by atoms with Crippen molar-refractivity contribution in [2.45, 2.75) is 32.6 Å². The van der Waals surface area contributed by atoms with Crippen molar-refractivity contribution in [1.82, 2.24) is 15.3 Å². The van der Waals surface area contributed by atoms with Gasteiger partial charge in [-0.05, 0) is 61.9 Å². The summed E-state index contributed by atoms with van der Waals surface area (Å²) in [6, 6.07) is 11.4. The molecule has 0 spiro atoms. The number of aromatic nitrogens is 2. The van der Waals surface area contributed by atoms with Crippen molar-refractivity contribution in [1.29, 1.82) is 0 Å². The lowest BCUT2D eigenvalue weighted by Crippen LogP contribution is -2.23. The quantitative estimate of drug-likeness (QED) is 0.210. The summed E-state index contributed by atoms with van der Waals surface area (Å²) in [5.41, 5.74) is 4.98. The summed E-state index contributed by atoms with van der Waals surface area (Å²) in [4.78, 5) is 33.1. The lowest BCUT2D eigenvalue weighted by molar-refractivity contribution is 0.0778. The summed E-state index contributed by atoms with van der Waals surface area (Å²) >= 11 is 0.912. The van der Waals surface area contributed by atoms with Crippen molar-refractivity contribution < 1.29 is 28.6 Å². The number of benzene rings is 1. The van der Waals surface area contributed by atoms with Crippen LogP contribution >= 0.6 is 11.3 Å². The number of aliphatic hydroxyl groups is 2. The number of rotatable bonds is 9. The molecule has 6 N–H and O–H groups in total. The van der Waals surface area contributed by atoms with Crippen LogP contribution < -0.4 is 16.4 Å². The lowest BCUT2D eigenvalue weighted by atomic mass is 9.96. The number of pyridine rings is 2. The Hall–Kier alpha value is -4.26. The second-order valence-electron chi connectivity index (χ2n) is 9.11. The molecule has 0 unspecified atom stereocenters. The minimum absolute atomic E-state index is 0.0123. The van der Waals surface area contributed by atoms with Gasteiger partial charge in [-0.1, -0.05) is 6.07 Å². The maximum Gasteiger partial charge on any atom is 0.251 e. The fourth-order valence-corrected chi connectivity index (χ4v) is 4.81. The largest absolute Gasteiger partial charge is 0.390 e. The summed E-state index contributed by atoms with van der Waals surface area (Å²) in [6.45, 7) is 2.61. The highest BCUT2D eigenvalue weighted by Gasteiger charge is 2.24. The second kappa shape index (κ2) is 11.2. The van der Waals surface area contributed by atoms with Gasteiger partial charge in [0.2, 0.25) is 0 Å². The molecule has 1 aromatic carbocycles. The van der Waals surface area contributed by atoms with Crippen LogP contribution in [0.25, 0.3) is 10.4 Å². The fraction of sp³-hybridized carbons (Fsp3) is 0.185. The van der Waals surface area contributed by atoms with E-state index in [-0.39, 0.29) is 45.6 Å². The highest BCUT2D eigenvalue weighted by atomic mass is 32.1. The number of hydrogen-bond acceptors (Lipinski definition) is 8. The zero-order valence-electron chi connectivity index (χ0n) is 21.0. The molecule has 0 aliphatic heterocycles. The number of thiophene rings is 1. The van der Waals surface area contributed by atoms with Crippen LogP contribution in [0.3, 0.4) is 0 Å². The highest BCUT2D eigenvalue weighted by Crippen LogP contribution is 2.40. The lowest BCUT2D eigenvalue weighted by Gasteiger charge is -2.18. The summed E-state index contributed by atoms with van der Waals surface area (Å²) < 4.78 is 29.8. The van der Waals surface area contributed by atoms with E-state index in [1.165, 1.54) is 38.2 Å². The zero-order chi connectivity index (χ0) is 28.3. The second-order valence-corrected chi connectivity index (χ2v) is 10.2. The van der Waals surface area contributed by atoms with Crippen LogP contribution in [-0.2, 0) is 18.8 Å². The van der Waals surface area contributed by atoms with E-state index in [2.05, 4.69) is 20.6 Å². The third-order valence-electron chi connectivity index (χ3n) is 5.71. The molecule has 0 saturated heterocycles. The van der Waals surface area contributed by atoms with Gasteiger partial charge in [0, 0.05) is 16.6 Å². The van der Waals surface area contributed by atoms with Gasteiger partial charge in [0.15, 0.2) is 0 Å². The van der Waals surface area contributed by atoms with Crippen molar-refractivity contribution in [3.8, 4) is 10.4 Å². The smallest absolute Gasteiger partial charge is 0.251 e. The Morgan fingerprint density at radius 1 is 1.08 bits per heavy atom. The number of nitrogens with zero attached hydrogens (tertiary/aromatic N) is 2. The first-order chi connectivity index (χ1) is 18.5. The molecule has 0 aliphatic carbocycles. The molecule has 12 heteroatoms. The molecule has 0 saturated carbocycles. The standard InChI is InChI=1S/C27H25F2N5O4S/c1-27(2,38)15-9-19(28)23(20(29)10-15)21-11-18(24(30)36)26(39-21)34-22-5-3-4-16(33-22)12-32-25(37)14-6-7-31-17(8-14)13-35/h3-11,35,38H,12-13H2,1-2H3,(H2,30,36)(H,32,37)(H,33,34). The minimum Gasteiger partial charge on any atom is -0.390 e. The zero-order valence-corrected chi connectivity index (χ0v) is 21.8. The molecule has 0 aliphatic rings. The Kier molecular flexibility index (Phi) is 8.00. The molecule has 202 valence electrons. The van der Waals surface area contributed by atoms with E-state index < -0.39 is 23.1 Å². The van der Waals surface area contributed by atoms with Gasteiger partial charge in [0.25, 0.3) is 11.8 Å². The molecular weight excluding hydrogens is 528 g/mol. The molecule has 2 amide bonds. The first kappa shape index (κ1) is 27.8. The maximum absolute atomic E-state index is 14.9. The number of hydrogen-bond donors (Lipinski definition) is 5. The van der Waals surface area contributed by atoms with Crippen molar-refractivity contribution in [3.05, 3.63) is 94.4 Å². The Morgan fingerprint density at radius 2 is 1.79 bits per heavy atom. The molecular formula is C27H25F2N5O4S. The molecule has 0 atom stereocenters. The first-order valence-corrected chi connectivity index (χ1v) is 12.5. The molecule has 0 bridgehead atoms. The number of amides is 2. The van der Waals surface area contributed by atoms with E-state index in [4.69, 9.17) is 5.73 Å². The maximum atomic E-state index is 14.9. The van der Waals surface area contributed by atoms with Crippen LogP contribution in [0.1, 0.15) is 51.5 Å². The number of carbonyl (C=O) groups is 2. The van der Waals surface area contributed by atoms with Crippen LogP contribution in [0.2, 0.25) is 0 Å². The van der Waals surface area contributed by atoms with Crippen LogP contribution in [-0.4, -0.2) is 32.0 Å². The number of nitrogens with two attached hydrogens (primary N) is 1. The van der Waals surface area contributed by atoms with E-state index in [0.29, 0.717) is 22.8 Å². The summed E-state index contributed by atoms with van der Waals surface area (Å²) in [5.74, 6) is -2.68. The van der Waals surface area contributed by atoms with Crippen molar-refractivity contribution >= 4 is 34.0 Å². The molecule has 0 fully saturated rings. The topological polar surface area (TPSA) is 150 Å². The molecule has 0 radical (unpaired) electrons. The molecule has 4 aromatic rings. The molecule has 4 rings (SSSR count). The highest BCUT2D eigenvalue weighted by molar-refractivity contribution is 7.20. The summed E-state index contributed by atoms with van der Waals surface area (Å²) in [6.07, 6.45) is 1.42. The van der Waals surface area contributed by atoms with Gasteiger partial charge >= 0.3 is 0 Å². The van der Waals surface area contributed by atoms with Crippen LogP contribution in [0, 0.1) is 11.6 Å². The van der Waals surface area contributed by atoms with Crippen molar-refractivity contribution in [2.24, 2.45) is 5.73 Å². The normalized spacial score (nSPS) is 11.3. The van der Waals surface area contributed by atoms with Gasteiger partial charge in [0.05, 0.1) is 41.3 Å². The van der Waals surface area contributed by atoms with Gasteiger partial charge in [-0.25, -0.2) is 13.8 Å².